The summed E-state index contributed by atoms with van der Waals surface area (Å²) >= 11 is 0. The molecule has 1 aromatic heterocycles. The zero-order valence-corrected chi connectivity index (χ0v) is 10.3. The first-order valence-electron chi connectivity index (χ1n) is 5.50. The molecule has 0 saturated carbocycles. The minimum atomic E-state index is -4.53. The van der Waals surface area contributed by atoms with Crippen LogP contribution in [0.1, 0.15) is 21.7 Å². The number of rotatable bonds is 3. The third-order valence-electron chi connectivity index (χ3n) is 2.55. The molecular formula is C11H10F3N5O. The van der Waals surface area contributed by atoms with E-state index in [2.05, 4.69) is 15.4 Å². The molecule has 9 heteroatoms. The lowest BCUT2D eigenvalue weighted by atomic mass is 10.0. The van der Waals surface area contributed by atoms with Gasteiger partial charge in [-0.1, -0.05) is 0 Å². The van der Waals surface area contributed by atoms with Crippen LogP contribution in [0.25, 0.3) is 0 Å². The van der Waals surface area contributed by atoms with Crippen molar-refractivity contribution in [2.75, 3.05) is 5.73 Å². The molecule has 0 aliphatic rings. The van der Waals surface area contributed by atoms with Crippen LogP contribution in [0.4, 0.5) is 18.9 Å². The normalized spacial score (nSPS) is 11.6. The number of nitrogens with zero attached hydrogens (tertiary/aromatic N) is 4. The second kappa shape index (κ2) is 4.91. The van der Waals surface area contributed by atoms with E-state index in [0.29, 0.717) is 0 Å². The molecule has 20 heavy (non-hydrogen) atoms. The quantitative estimate of drug-likeness (QED) is 0.677. The van der Waals surface area contributed by atoms with Gasteiger partial charge in [-0.05, 0) is 23.4 Å². The molecule has 0 spiro atoms. The third kappa shape index (κ3) is 2.92. The van der Waals surface area contributed by atoms with Gasteiger partial charge >= 0.3 is 6.18 Å². The number of nitrogens with two attached hydrogens (primary N) is 1. The van der Waals surface area contributed by atoms with E-state index in [1.165, 1.54) is 7.05 Å². The van der Waals surface area contributed by atoms with Crippen molar-refractivity contribution in [3.63, 3.8) is 0 Å². The largest absolute Gasteiger partial charge is 0.416 e. The van der Waals surface area contributed by atoms with Crippen LogP contribution in [0.2, 0.25) is 0 Å². The van der Waals surface area contributed by atoms with Gasteiger partial charge in [-0.25, -0.2) is 0 Å². The van der Waals surface area contributed by atoms with Gasteiger partial charge in [-0.3, -0.25) is 4.79 Å². The highest BCUT2D eigenvalue weighted by Gasteiger charge is 2.31. The maximum absolute atomic E-state index is 12.6. The highest BCUT2D eigenvalue weighted by molar-refractivity contribution is 6.01. The maximum atomic E-state index is 12.6. The molecule has 2 rings (SSSR count). The maximum Gasteiger partial charge on any atom is 0.416 e. The molecule has 0 saturated heterocycles. The third-order valence-corrected chi connectivity index (χ3v) is 2.55. The highest BCUT2D eigenvalue weighted by atomic mass is 19.4. The van der Waals surface area contributed by atoms with Crippen LogP contribution in [0.5, 0.6) is 0 Å². The summed E-state index contributed by atoms with van der Waals surface area (Å²) in [7, 11) is 1.51. The van der Waals surface area contributed by atoms with Gasteiger partial charge in [0.05, 0.1) is 19.0 Å². The summed E-state index contributed by atoms with van der Waals surface area (Å²) < 4.78 is 37.8. The first-order valence-corrected chi connectivity index (χ1v) is 5.50. The Morgan fingerprint density at radius 2 is 2.10 bits per heavy atom. The minimum Gasteiger partial charge on any atom is -0.398 e. The van der Waals surface area contributed by atoms with Crippen molar-refractivity contribution in [3.05, 3.63) is 35.2 Å². The van der Waals surface area contributed by atoms with E-state index in [0.717, 1.165) is 23.0 Å². The summed E-state index contributed by atoms with van der Waals surface area (Å²) in [4.78, 5) is 13.1. The molecule has 6 nitrogen and oxygen atoms in total. The number of aryl methyl sites for hydroxylation is 1. The average molecular weight is 285 g/mol. The van der Waals surface area contributed by atoms with Gasteiger partial charge in [0.25, 0.3) is 0 Å². The smallest absolute Gasteiger partial charge is 0.398 e. The van der Waals surface area contributed by atoms with Crippen LogP contribution in [0.3, 0.4) is 0 Å². The Labute approximate surface area is 111 Å². The van der Waals surface area contributed by atoms with Crippen LogP contribution in [0, 0.1) is 0 Å². The molecule has 0 fully saturated rings. The number of halogens is 3. The molecule has 1 aromatic carbocycles. The lowest BCUT2D eigenvalue weighted by Crippen LogP contribution is -2.12. The molecule has 106 valence electrons. The predicted octanol–water partition coefficient (Wildman–Crippen LogP) is 1.24. The summed E-state index contributed by atoms with van der Waals surface area (Å²) in [5.41, 5.74) is 4.39. The van der Waals surface area contributed by atoms with E-state index in [1.54, 1.807) is 0 Å². The molecule has 0 aliphatic carbocycles. The van der Waals surface area contributed by atoms with Gasteiger partial charge < -0.3 is 5.73 Å². The van der Waals surface area contributed by atoms with Crippen molar-refractivity contribution in [1.82, 2.24) is 20.2 Å². The first-order chi connectivity index (χ1) is 9.27. The van der Waals surface area contributed by atoms with Crippen LogP contribution >= 0.6 is 0 Å². The number of carbonyl (C=O) groups excluding carboxylic acids is 1. The number of tetrazole rings is 1. The number of carbonyl (C=O) groups is 1. The van der Waals surface area contributed by atoms with Crippen LogP contribution in [0.15, 0.2) is 18.2 Å². The zero-order valence-electron chi connectivity index (χ0n) is 10.3. The van der Waals surface area contributed by atoms with Gasteiger partial charge in [0.15, 0.2) is 11.6 Å². The number of benzene rings is 1. The topological polar surface area (TPSA) is 86.7 Å². The fourth-order valence-corrected chi connectivity index (χ4v) is 1.61. The number of hydrogen-bond acceptors (Lipinski definition) is 5. The van der Waals surface area contributed by atoms with Crippen molar-refractivity contribution in [2.24, 2.45) is 7.05 Å². The van der Waals surface area contributed by atoms with Crippen molar-refractivity contribution in [1.29, 1.82) is 0 Å². The lowest BCUT2D eigenvalue weighted by molar-refractivity contribution is -0.137. The number of anilines is 1. The first kappa shape index (κ1) is 14.0. The molecule has 1 heterocycles. The van der Waals surface area contributed by atoms with Gasteiger partial charge in [0.1, 0.15) is 0 Å². The van der Waals surface area contributed by atoms with E-state index in [-0.39, 0.29) is 23.5 Å². The monoisotopic (exact) mass is 285 g/mol. The number of ketones is 1. The molecule has 0 amide bonds. The van der Waals surface area contributed by atoms with Crippen LogP contribution in [-0.2, 0) is 19.6 Å². The summed E-state index contributed by atoms with van der Waals surface area (Å²) in [6.07, 6.45) is -4.80. The standard InChI is InChI=1S/C11H10F3N5O/c1-19-17-10(16-18-19)5-9(20)7-4-6(11(12,13)14)2-3-8(7)15/h2-4H,5,15H2,1H3. The van der Waals surface area contributed by atoms with E-state index in [1.807, 2.05) is 0 Å². The van der Waals surface area contributed by atoms with Crippen molar-refractivity contribution < 1.29 is 18.0 Å². The summed E-state index contributed by atoms with van der Waals surface area (Å²) in [6, 6.07) is 2.61. The average Bonchev–Trinajstić information content (AvgIpc) is 2.73. The van der Waals surface area contributed by atoms with Crippen molar-refractivity contribution in [3.8, 4) is 0 Å². The molecule has 0 bridgehead atoms. The summed E-state index contributed by atoms with van der Waals surface area (Å²) in [6.45, 7) is 0. The summed E-state index contributed by atoms with van der Waals surface area (Å²) in [5.74, 6) is -0.476. The molecule has 0 unspecified atom stereocenters. The Hall–Kier alpha value is -2.45. The number of hydrogen-bond donors (Lipinski definition) is 1. The van der Waals surface area contributed by atoms with E-state index >= 15 is 0 Å². The number of alkyl halides is 3. The van der Waals surface area contributed by atoms with Crippen molar-refractivity contribution >= 4 is 11.5 Å². The number of nitrogen functional groups attached to an aromatic ring is 1. The Balaban J connectivity index is 2.29. The minimum absolute atomic E-state index is 0.0214. The second-order valence-corrected chi connectivity index (χ2v) is 4.09. The molecule has 2 aromatic rings. The number of Topliss-reactive ketones (excluding diaryl/α,β-unsaturated/α-hetero) is 1. The Morgan fingerprint density at radius 3 is 2.65 bits per heavy atom. The molecule has 2 N–H and O–H groups in total. The Morgan fingerprint density at radius 1 is 1.40 bits per heavy atom. The molecule has 0 radical (unpaired) electrons. The van der Waals surface area contributed by atoms with Crippen molar-refractivity contribution in [2.45, 2.75) is 12.6 Å². The molecular weight excluding hydrogens is 275 g/mol. The van der Waals surface area contributed by atoms with Gasteiger partial charge in [0.2, 0.25) is 0 Å². The van der Waals surface area contributed by atoms with Gasteiger partial charge in [-0.2, -0.15) is 18.0 Å². The highest BCUT2D eigenvalue weighted by Crippen LogP contribution is 2.31. The van der Waals surface area contributed by atoms with E-state index < -0.39 is 17.5 Å². The van der Waals surface area contributed by atoms with Gasteiger partial charge in [-0.15, -0.1) is 10.2 Å². The molecule has 0 aliphatic heterocycles. The second-order valence-electron chi connectivity index (χ2n) is 4.09. The summed E-state index contributed by atoms with van der Waals surface area (Å²) in [5, 5.41) is 10.9. The predicted molar refractivity (Wildman–Crippen MR) is 62.7 cm³/mol. The fourth-order valence-electron chi connectivity index (χ4n) is 1.61. The fraction of sp³-hybridized carbons (Fsp3) is 0.273. The SMILES string of the molecule is Cn1nnc(CC(=O)c2cc(C(F)(F)F)ccc2N)n1. The van der Waals surface area contributed by atoms with Crippen LogP contribution in [-0.4, -0.2) is 26.0 Å². The van der Waals surface area contributed by atoms with E-state index in [4.69, 9.17) is 5.73 Å². The van der Waals surface area contributed by atoms with Gasteiger partial charge in [0, 0.05) is 11.3 Å². The molecule has 0 atom stereocenters. The van der Waals surface area contributed by atoms with Crippen LogP contribution < -0.4 is 5.73 Å². The van der Waals surface area contributed by atoms with E-state index in [9.17, 15) is 18.0 Å². The number of aromatic nitrogens is 4. The zero-order chi connectivity index (χ0) is 14.9. The Bertz CT molecular complexity index is 650. The lowest BCUT2D eigenvalue weighted by Gasteiger charge is -2.10. The Kier molecular flexibility index (Phi) is 3.43.